The highest BCUT2D eigenvalue weighted by Gasteiger charge is 2.34. The zero-order valence-electron chi connectivity index (χ0n) is 15.1. The SMILES string of the molecule is Cc1cccc2c(N3CCC[C@H]3c3nc(C(=O)NC4CC4)no3)ncnc12. The van der Waals surface area contributed by atoms with Gasteiger partial charge < -0.3 is 14.7 Å². The molecule has 1 aliphatic carbocycles. The van der Waals surface area contributed by atoms with Gasteiger partial charge in [-0.15, -0.1) is 0 Å². The summed E-state index contributed by atoms with van der Waals surface area (Å²) in [7, 11) is 0. The fourth-order valence-electron chi connectivity index (χ4n) is 3.67. The number of hydrogen-bond acceptors (Lipinski definition) is 7. The van der Waals surface area contributed by atoms with Gasteiger partial charge in [0.25, 0.3) is 11.7 Å². The molecule has 2 aliphatic rings. The molecule has 0 spiro atoms. The van der Waals surface area contributed by atoms with Gasteiger partial charge in [0.1, 0.15) is 18.2 Å². The van der Waals surface area contributed by atoms with E-state index >= 15 is 0 Å². The number of nitrogens with zero attached hydrogens (tertiary/aromatic N) is 5. The maximum absolute atomic E-state index is 12.2. The third-order valence-electron chi connectivity index (χ3n) is 5.21. The molecule has 5 rings (SSSR count). The molecular weight excluding hydrogens is 344 g/mol. The molecule has 1 saturated heterocycles. The normalized spacial score (nSPS) is 19.6. The van der Waals surface area contributed by atoms with Crippen LogP contribution in [-0.2, 0) is 0 Å². The van der Waals surface area contributed by atoms with Gasteiger partial charge in [-0.2, -0.15) is 4.98 Å². The lowest BCUT2D eigenvalue weighted by molar-refractivity contribution is 0.0937. The van der Waals surface area contributed by atoms with Crippen molar-refractivity contribution in [2.45, 2.75) is 44.7 Å². The Morgan fingerprint density at radius 1 is 1.26 bits per heavy atom. The Labute approximate surface area is 156 Å². The quantitative estimate of drug-likeness (QED) is 0.760. The third kappa shape index (κ3) is 2.90. The molecule has 0 radical (unpaired) electrons. The first-order valence-electron chi connectivity index (χ1n) is 9.32. The van der Waals surface area contributed by atoms with E-state index in [9.17, 15) is 4.79 Å². The summed E-state index contributed by atoms with van der Waals surface area (Å²) < 4.78 is 5.45. The summed E-state index contributed by atoms with van der Waals surface area (Å²) in [6.07, 6.45) is 5.51. The van der Waals surface area contributed by atoms with Gasteiger partial charge in [-0.1, -0.05) is 17.3 Å². The second-order valence-corrected chi connectivity index (χ2v) is 7.22. The summed E-state index contributed by atoms with van der Waals surface area (Å²) >= 11 is 0. The Hall–Kier alpha value is -3.03. The van der Waals surface area contributed by atoms with Gasteiger partial charge in [0.05, 0.1) is 5.52 Å². The molecule has 8 heteroatoms. The van der Waals surface area contributed by atoms with E-state index < -0.39 is 0 Å². The van der Waals surface area contributed by atoms with Crippen molar-refractivity contribution in [3.05, 3.63) is 41.8 Å². The lowest BCUT2D eigenvalue weighted by Crippen LogP contribution is -2.27. The predicted octanol–water partition coefficient (Wildman–Crippen LogP) is 2.55. The summed E-state index contributed by atoms with van der Waals surface area (Å²) in [5, 5.41) is 7.79. The molecule has 1 saturated carbocycles. The van der Waals surface area contributed by atoms with Crippen LogP contribution >= 0.6 is 0 Å². The van der Waals surface area contributed by atoms with Crippen LogP contribution in [0, 0.1) is 6.92 Å². The number of benzene rings is 1. The maximum atomic E-state index is 12.2. The molecule has 1 atom stereocenters. The van der Waals surface area contributed by atoms with Crippen molar-refractivity contribution in [1.82, 2.24) is 25.4 Å². The Kier molecular flexibility index (Phi) is 3.77. The summed E-state index contributed by atoms with van der Waals surface area (Å²) in [6.45, 7) is 2.89. The molecule has 2 fully saturated rings. The van der Waals surface area contributed by atoms with Crippen LogP contribution in [0.3, 0.4) is 0 Å². The van der Waals surface area contributed by atoms with E-state index in [-0.39, 0.29) is 23.8 Å². The van der Waals surface area contributed by atoms with Crippen molar-refractivity contribution >= 4 is 22.6 Å². The van der Waals surface area contributed by atoms with E-state index in [4.69, 9.17) is 4.52 Å². The standard InChI is InChI=1S/C19H20N6O2/c1-11-4-2-5-13-15(11)20-10-21-17(13)25-9-3-6-14(25)19-23-16(24-27-19)18(26)22-12-7-8-12/h2,4-5,10,12,14H,3,6-9H2,1H3,(H,22,26)/t14-/m0/s1. The van der Waals surface area contributed by atoms with Crippen LogP contribution in [-0.4, -0.2) is 38.6 Å². The van der Waals surface area contributed by atoms with Gasteiger partial charge >= 0.3 is 0 Å². The topological polar surface area (TPSA) is 97.0 Å². The van der Waals surface area contributed by atoms with Crippen LogP contribution in [0.15, 0.2) is 29.0 Å². The molecule has 8 nitrogen and oxygen atoms in total. The molecule has 1 aliphatic heterocycles. The summed E-state index contributed by atoms with van der Waals surface area (Å²) in [5.41, 5.74) is 2.06. The highest BCUT2D eigenvalue weighted by molar-refractivity contribution is 5.92. The fraction of sp³-hybridized carbons (Fsp3) is 0.421. The van der Waals surface area contributed by atoms with Crippen LogP contribution in [0.2, 0.25) is 0 Å². The Morgan fingerprint density at radius 2 is 2.15 bits per heavy atom. The molecule has 1 N–H and O–H groups in total. The van der Waals surface area contributed by atoms with Crippen molar-refractivity contribution in [3.63, 3.8) is 0 Å². The molecule has 3 heterocycles. The largest absolute Gasteiger partial charge is 0.346 e. The second-order valence-electron chi connectivity index (χ2n) is 7.22. The van der Waals surface area contributed by atoms with E-state index in [0.717, 1.165) is 54.5 Å². The number of carbonyl (C=O) groups excluding carboxylic acids is 1. The Morgan fingerprint density at radius 3 is 3.00 bits per heavy atom. The van der Waals surface area contributed by atoms with Gasteiger partial charge in [-0.25, -0.2) is 9.97 Å². The third-order valence-corrected chi connectivity index (χ3v) is 5.21. The summed E-state index contributed by atoms with van der Waals surface area (Å²) in [5.74, 6) is 1.17. The molecule has 2 aromatic heterocycles. The van der Waals surface area contributed by atoms with Crippen molar-refractivity contribution in [2.75, 3.05) is 11.4 Å². The number of nitrogens with one attached hydrogen (secondary N) is 1. The second kappa shape index (κ2) is 6.29. The molecule has 1 amide bonds. The molecule has 0 bridgehead atoms. The highest BCUT2D eigenvalue weighted by atomic mass is 16.5. The number of para-hydroxylation sites is 1. The highest BCUT2D eigenvalue weighted by Crippen LogP contribution is 2.37. The minimum atomic E-state index is -0.264. The number of rotatable bonds is 4. The average Bonchev–Trinajstić information content (AvgIpc) is 3.17. The zero-order chi connectivity index (χ0) is 18.4. The fourth-order valence-corrected chi connectivity index (χ4v) is 3.67. The molecule has 138 valence electrons. The van der Waals surface area contributed by atoms with Crippen molar-refractivity contribution in [3.8, 4) is 0 Å². The maximum Gasteiger partial charge on any atom is 0.292 e. The molecule has 0 unspecified atom stereocenters. The van der Waals surface area contributed by atoms with Crippen LogP contribution < -0.4 is 10.2 Å². The van der Waals surface area contributed by atoms with Crippen LogP contribution in [0.4, 0.5) is 5.82 Å². The van der Waals surface area contributed by atoms with E-state index in [1.54, 1.807) is 6.33 Å². The Balaban J connectivity index is 1.47. The summed E-state index contributed by atoms with van der Waals surface area (Å²) in [6, 6.07) is 6.28. The van der Waals surface area contributed by atoms with Crippen molar-refractivity contribution < 1.29 is 9.32 Å². The van der Waals surface area contributed by atoms with Crippen molar-refractivity contribution in [2.24, 2.45) is 0 Å². The van der Waals surface area contributed by atoms with Gasteiger partial charge in [0.2, 0.25) is 5.89 Å². The number of anilines is 1. The van der Waals surface area contributed by atoms with E-state index in [0.29, 0.717) is 5.89 Å². The number of fused-ring (bicyclic) bond motifs is 1. The Bertz CT molecular complexity index is 1010. The van der Waals surface area contributed by atoms with E-state index in [2.05, 4.69) is 30.3 Å². The minimum absolute atomic E-state index is 0.0846. The first-order valence-corrected chi connectivity index (χ1v) is 9.32. The van der Waals surface area contributed by atoms with Crippen LogP contribution in [0.5, 0.6) is 0 Å². The first-order chi connectivity index (χ1) is 13.2. The van der Waals surface area contributed by atoms with E-state index in [1.165, 1.54) is 0 Å². The number of amides is 1. The van der Waals surface area contributed by atoms with Gasteiger partial charge in [-0.3, -0.25) is 4.79 Å². The molecule has 27 heavy (non-hydrogen) atoms. The first kappa shape index (κ1) is 16.2. The van der Waals surface area contributed by atoms with Crippen molar-refractivity contribution in [1.29, 1.82) is 0 Å². The number of carbonyl (C=O) groups is 1. The number of aryl methyl sites for hydroxylation is 1. The lowest BCUT2D eigenvalue weighted by atomic mass is 10.1. The van der Waals surface area contributed by atoms with Crippen LogP contribution in [0.25, 0.3) is 10.9 Å². The van der Waals surface area contributed by atoms with E-state index in [1.807, 2.05) is 25.1 Å². The monoisotopic (exact) mass is 364 g/mol. The zero-order valence-corrected chi connectivity index (χ0v) is 15.1. The molecular formula is C19H20N6O2. The van der Waals surface area contributed by atoms with Gasteiger partial charge in [0.15, 0.2) is 0 Å². The molecule has 1 aromatic carbocycles. The minimum Gasteiger partial charge on any atom is -0.346 e. The predicted molar refractivity (Wildman–Crippen MR) is 98.4 cm³/mol. The number of hydrogen-bond donors (Lipinski definition) is 1. The number of aromatic nitrogens is 4. The smallest absolute Gasteiger partial charge is 0.292 e. The molecule has 3 aromatic rings. The lowest BCUT2D eigenvalue weighted by Gasteiger charge is -2.24. The van der Waals surface area contributed by atoms with Gasteiger partial charge in [-0.05, 0) is 44.2 Å². The van der Waals surface area contributed by atoms with Crippen LogP contribution in [0.1, 0.15) is 53.8 Å². The average molecular weight is 364 g/mol. The summed E-state index contributed by atoms with van der Waals surface area (Å²) in [4.78, 5) is 27.7. The van der Waals surface area contributed by atoms with Gasteiger partial charge in [0, 0.05) is 18.0 Å².